The van der Waals surface area contributed by atoms with E-state index in [9.17, 15) is 4.79 Å². The maximum atomic E-state index is 12.2. The predicted molar refractivity (Wildman–Crippen MR) is 81.9 cm³/mol. The molecule has 2 rings (SSSR count). The van der Waals surface area contributed by atoms with E-state index in [4.69, 9.17) is 4.42 Å². The summed E-state index contributed by atoms with van der Waals surface area (Å²) in [6.07, 6.45) is 4.29. The number of hydrogen-bond donors (Lipinski definition) is 0. The van der Waals surface area contributed by atoms with Crippen molar-refractivity contribution in [3.8, 4) is 0 Å². The number of unbranched alkanes of at least 4 members (excludes halogenated alkanes) is 1. The third-order valence-electron chi connectivity index (χ3n) is 3.96. The van der Waals surface area contributed by atoms with Crippen LogP contribution in [-0.4, -0.2) is 24.4 Å². The molecule has 0 N–H and O–H groups in total. The van der Waals surface area contributed by atoms with Gasteiger partial charge in [0.05, 0.1) is 12.7 Å². The van der Waals surface area contributed by atoms with Crippen molar-refractivity contribution >= 4 is 16.9 Å². The van der Waals surface area contributed by atoms with Gasteiger partial charge in [0.1, 0.15) is 5.58 Å². The monoisotopic (exact) mass is 273 g/mol. The predicted octanol–water partition coefficient (Wildman–Crippen LogP) is 3.85. The third-order valence-corrected chi connectivity index (χ3v) is 3.96. The zero-order valence-electron chi connectivity index (χ0n) is 12.8. The van der Waals surface area contributed by atoms with E-state index < -0.39 is 0 Å². The SMILES string of the molecule is CCCCN(C)C(=O)Cc1coc2c(C)c(C)ccc12. The third kappa shape index (κ3) is 2.87. The molecule has 0 aliphatic rings. The van der Waals surface area contributed by atoms with Crippen LogP contribution in [0.4, 0.5) is 0 Å². The van der Waals surface area contributed by atoms with Gasteiger partial charge >= 0.3 is 0 Å². The molecule has 0 unspecified atom stereocenters. The number of likely N-dealkylation sites (N-methyl/N-ethyl adjacent to an activating group) is 1. The van der Waals surface area contributed by atoms with Crippen LogP contribution in [0.25, 0.3) is 11.0 Å². The number of amides is 1. The zero-order valence-corrected chi connectivity index (χ0v) is 12.8. The molecule has 3 nitrogen and oxygen atoms in total. The number of aryl methyl sites for hydroxylation is 2. The Morgan fingerprint density at radius 2 is 2.05 bits per heavy atom. The van der Waals surface area contributed by atoms with Crippen LogP contribution in [-0.2, 0) is 11.2 Å². The summed E-state index contributed by atoms with van der Waals surface area (Å²) in [6, 6.07) is 4.14. The molecule has 0 bridgehead atoms. The first-order valence-corrected chi connectivity index (χ1v) is 7.24. The number of nitrogens with zero attached hydrogens (tertiary/aromatic N) is 1. The Balaban J connectivity index is 2.18. The highest BCUT2D eigenvalue weighted by Gasteiger charge is 2.15. The molecule has 0 saturated heterocycles. The van der Waals surface area contributed by atoms with Crippen LogP contribution in [0.3, 0.4) is 0 Å². The second-order valence-electron chi connectivity index (χ2n) is 5.49. The molecule has 0 saturated carbocycles. The summed E-state index contributed by atoms with van der Waals surface area (Å²) >= 11 is 0. The van der Waals surface area contributed by atoms with Gasteiger partial charge in [-0.25, -0.2) is 0 Å². The van der Waals surface area contributed by atoms with Crippen LogP contribution in [0.2, 0.25) is 0 Å². The van der Waals surface area contributed by atoms with Gasteiger partial charge in [-0.2, -0.15) is 0 Å². The first-order chi connectivity index (χ1) is 9.54. The summed E-state index contributed by atoms with van der Waals surface area (Å²) in [5.41, 5.74) is 4.26. The molecular weight excluding hydrogens is 250 g/mol. The number of fused-ring (bicyclic) bond motifs is 1. The van der Waals surface area contributed by atoms with Gasteiger partial charge in [-0.15, -0.1) is 0 Å². The Morgan fingerprint density at radius 1 is 1.30 bits per heavy atom. The van der Waals surface area contributed by atoms with Crippen LogP contribution in [0, 0.1) is 13.8 Å². The molecule has 20 heavy (non-hydrogen) atoms. The van der Waals surface area contributed by atoms with Crippen molar-refractivity contribution in [1.29, 1.82) is 0 Å². The minimum absolute atomic E-state index is 0.152. The molecule has 1 aromatic carbocycles. The Bertz CT molecular complexity index is 613. The van der Waals surface area contributed by atoms with E-state index in [0.717, 1.165) is 41.5 Å². The normalized spacial score (nSPS) is 11.0. The second-order valence-corrected chi connectivity index (χ2v) is 5.49. The maximum Gasteiger partial charge on any atom is 0.226 e. The number of rotatable bonds is 5. The molecule has 0 radical (unpaired) electrons. The summed E-state index contributed by atoms with van der Waals surface area (Å²) in [6.45, 7) is 7.08. The van der Waals surface area contributed by atoms with Crippen molar-refractivity contribution in [2.45, 2.75) is 40.0 Å². The highest BCUT2D eigenvalue weighted by molar-refractivity contribution is 5.89. The fourth-order valence-corrected chi connectivity index (χ4v) is 2.34. The standard InChI is InChI=1S/C17H23NO2/c1-5-6-9-18(4)16(19)10-14-11-20-17-13(3)12(2)7-8-15(14)17/h7-8,11H,5-6,9-10H2,1-4H3. The van der Waals surface area contributed by atoms with E-state index in [1.807, 2.05) is 11.9 Å². The minimum Gasteiger partial charge on any atom is -0.464 e. The van der Waals surface area contributed by atoms with Gasteiger partial charge in [-0.1, -0.05) is 25.5 Å². The summed E-state index contributed by atoms with van der Waals surface area (Å²) in [4.78, 5) is 14.0. The lowest BCUT2D eigenvalue weighted by Gasteiger charge is -2.16. The van der Waals surface area contributed by atoms with E-state index in [2.05, 4.69) is 32.9 Å². The highest BCUT2D eigenvalue weighted by Crippen LogP contribution is 2.26. The van der Waals surface area contributed by atoms with Gasteiger partial charge in [0.25, 0.3) is 0 Å². The van der Waals surface area contributed by atoms with Crippen molar-refractivity contribution in [3.63, 3.8) is 0 Å². The van der Waals surface area contributed by atoms with Crippen molar-refractivity contribution in [3.05, 3.63) is 35.1 Å². The van der Waals surface area contributed by atoms with Crippen molar-refractivity contribution in [2.24, 2.45) is 0 Å². The molecule has 0 atom stereocenters. The number of carbonyl (C=O) groups is 1. The van der Waals surface area contributed by atoms with Gasteiger partial charge in [0.2, 0.25) is 5.91 Å². The topological polar surface area (TPSA) is 33.5 Å². The van der Waals surface area contributed by atoms with Crippen LogP contribution in [0.1, 0.15) is 36.5 Å². The fraction of sp³-hybridized carbons (Fsp3) is 0.471. The zero-order chi connectivity index (χ0) is 14.7. The molecule has 3 heteroatoms. The largest absolute Gasteiger partial charge is 0.464 e. The Labute approximate surface area is 120 Å². The molecule has 0 spiro atoms. The van der Waals surface area contributed by atoms with Crippen molar-refractivity contribution < 1.29 is 9.21 Å². The van der Waals surface area contributed by atoms with Crippen LogP contribution in [0.15, 0.2) is 22.8 Å². The summed E-state index contributed by atoms with van der Waals surface area (Å²) in [7, 11) is 1.87. The van der Waals surface area contributed by atoms with Gasteiger partial charge in [0.15, 0.2) is 0 Å². The number of carbonyl (C=O) groups excluding carboxylic acids is 1. The first kappa shape index (κ1) is 14.6. The Morgan fingerprint density at radius 3 is 2.75 bits per heavy atom. The summed E-state index contributed by atoms with van der Waals surface area (Å²) in [5, 5.41) is 1.06. The molecular formula is C17H23NO2. The highest BCUT2D eigenvalue weighted by atomic mass is 16.3. The maximum absolute atomic E-state index is 12.2. The van der Waals surface area contributed by atoms with Crippen molar-refractivity contribution in [2.75, 3.05) is 13.6 Å². The molecule has 1 aromatic heterocycles. The minimum atomic E-state index is 0.152. The quantitative estimate of drug-likeness (QED) is 0.829. The van der Waals surface area contributed by atoms with E-state index >= 15 is 0 Å². The Hall–Kier alpha value is -1.77. The van der Waals surface area contributed by atoms with Gasteiger partial charge in [-0.05, 0) is 31.4 Å². The average molecular weight is 273 g/mol. The summed E-state index contributed by atoms with van der Waals surface area (Å²) in [5.74, 6) is 0.152. The lowest BCUT2D eigenvalue weighted by Crippen LogP contribution is -2.29. The van der Waals surface area contributed by atoms with Crippen LogP contribution in [0.5, 0.6) is 0 Å². The number of furan rings is 1. The van der Waals surface area contributed by atoms with Gasteiger partial charge < -0.3 is 9.32 Å². The van der Waals surface area contributed by atoms with Crippen LogP contribution < -0.4 is 0 Å². The first-order valence-electron chi connectivity index (χ1n) is 7.24. The van der Waals surface area contributed by atoms with E-state index in [0.29, 0.717) is 6.42 Å². The number of hydrogen-bond acceptors (Lipinski definition) is 2. The molecule has 1 heterocycles. The molecule has 0 aliphatic heterocycles. The molecule has 2 aromatic rings. The van der Waals surface area contributed by atoms with Gasteiger partial charge in [0, 0.05) is 24.5 Å². The lowest BCUT2D eigenvalue weighted by atomic mass is 10.0. The molecule has 1 amide bonds. The average Bonchev–Trinajstić information content (AvgIpc) is 2.84. The number of benzene rings is 1. The second kappa shape index (κ2) is 6.12. The van der Waals surface area contributed by atoms with E-state index in [1.165, 1.54) is 5.56 Å². The van der Waals surface area contributed by atoms with Crippen molar-refractivity contribution in [1.82, 2.24) is 4.90 Å². The molecule has 0 aliphatic carbocycles. The smallest absolute Gasteiger partial charge is 0.226 e. The fourth-order valence-electron chi connectivity index (χ4n) is 2.34. The Kier molecular flexibility index (Phi) is 4.48. The van der Waals surface area contributed by atoms with E-state index in [-0.39, 0.29) is 5.91 Å². The lowest BCUT2D eigenvalue weighted by molar-refractivity contribution is -0.129. The van der Waals surface area contributed by atoms with Gasteiger partial charge in [-0.3, -0.25) is 4.79 Å². The molecule has 0 fully saturated rings. The summed E-state index contributed by atoms with van der Waals surface area (Å²) < 4.78 is 5.65. The van der Waals surface area contributed by atoms with E-state index in [1.54, 1.807) is 6.26 Å². The van der Waals surface area contributed by atoms with Crippen LogP contribution >= 0.6 is 0 Å². The molecule has 108 valence electrons.